The summed E-state index contributed by atoms with van der Waals surface area (Å²) in [6, 6.07) is 0. The van der Waals surface area contributed by atoms with Crippen molar-refractivity contribution in [2.45, 2.75) is 32.7 Å². The fourth-order valence-corrected chi connectivity index (χ4v) is 7.85. The van der Waals surface area contributed by atoms with Crippen molar-refractivity contribution < 1.29 is 4.12 Å². The van der Waals surface area contributed by atoms with Gasteiger partial charge in [-0.3, -0.25) is 0 Å². The van der Waals surface area contributed by atoms with E-state index < -0.39 is 16.8 Å². The number of nitrogens with zero attached hydrogens (tertiary/aromatic N) is 1. The summed E-state index contributed by atoms with van der Waals surface area (Å²) in [5.41, 5.74) is 0. The van der Waals surface area contributed by atoms with Crippen LogP contribution < -0.4 is 0 Å². The molecule has 0 rings (SSSR count). The van der Waals surface area contributed by atoms with E-state index in [1.807, 2.05) is 0 Å². The van der Waals surface area contributed by atoms with Gasteiger partial charge in [0, 0.05) is 0 Å². The van der Waals surface area contributed by atoms with Gasteiger partial charge in [0.1, 0.15) is 0 Å². The Morgan fingerprint density at radius 2 is 1.36 bits per heavy atom. The van der Waals surface area contributed by atoms with Gasteiger partial charge in [0.2, 0.25) is 0 Å². The Morgan fingerprint density at radius 1 is 1.00 bits per heavy atom. The second-order valence-electron chi connectivity index (χ2n) is 3.95. The fraction of sp³-hybridized carbons (Fsp3) is 1.00. The third-order valence-electron chi connectivity index (χ3n) is 1.04. The monoisotopic (exact) mass is 227 g/mol. The van der Waals surface area contributed by atoms with Crippen molar-refractivity contribution in [3.05, 3.63) is 0 Å². The van der Waals surface area contributed by atoms with E-state index in [9.17, 15) is 0 Å². The van der Waals surface area contributed by atoms with E-state index in [4.69, 9.17) is 4.12 Å². The lowest BCUT2D eigenvalue weighted by Gasteiger charge is -2.34. The first-order valence-corrected chi connectivity index (χ1v) is 10.6. The first-order chi connectivity index (χ1) is 4.65. The number of rotatable bonds is 3. The third-order valence-corrected chi connectivity index (χ3v) is 9.34. The van der Waals surface area contributed by atoms with Crippen LogP contribution in [0.5, 0.6) is 0 Å². The number of hydrogen-bond donors (Lipinski definition) is 2. The molecule has 0 bridgehead atoms. The zero-order chi connectivity index (χ0) is 9.28. The Morgan fingerprint density at radius 3 is 1.45 bits per heavy atom. The van der Waals surface area contributed by atoms with Crippen molar-refractivity contribution in [2.24, 2.45) is 0 Å². The van der Waals surface area contributed by atoms with Crippen LogP contribution in [0.4, 0.5) is 0 Å². The number of hydrogen-bond acceptors (Lipinski definition) is 4. The molecule has 0 amide bonds. The summed E-state index contributed by atoms with van der Waals surface area (Å²) < 4.78 is 7.57. The van der Waals surface area contributed by atoms with Gasteiger partial charge in [-0.15, -0.1) is 0 Å². The summed E-state index contributed by atoms with van der Waals surface area (Å²) in [5, 5.41) is 0. The van der Waals surface area contributed by atoms with Gasteiger partial charge in [-0.05, 0) is 32.7 Å². The molecule has 0 heterocycles. The third kappa shape index (κ3) is 5.32. The largest absolute Gasteiger partial charge is 0.444 e. The maximum atomic E-state index is 5.94. The van der Waals surface area contributed by atoms with Crippen molar-refractivity contribution in [2.75, 3.05) is 0 Å². The summed E-state index contributed by atoms with van der Waals surface area (Å²) in [7, 11) is -3.23. The molecule has 0 aliphatic rings. The molecule has 0 N–H and O–H groups in total. The van der Waals surface area contributed by atoms with Crippen LogP contribution in [0.3, 0.4) is 0 Å². The smallest absolute Gasteiger partial charge is 0.274 e. The van der Waals surface area contributed by atoms with E-state index in [0.29, 0.717) is 0 Å². The van der Waals surface area contributed by atoms with Crippen molar-refractivity contribution in [1.82, 2.24) is 3.38 Å². The predicted molar refractivity (Wildman–Crippen MR) is 61.7 cm³/mol. The predicted octanol–water partition coefficient (Wildman–Crippen LogP) is 2.53. The Balaban J connectivity index is 4.13. The molecule has 0 radical (unpaired) electrons. The Labute approximate surface area is 82.7 Å². The summed E-state index contributed by atoms with van der Waals surface area (Å²) in [6.07, 6.45) is 0. The molecule has 11 heavy (non-hydrogen) atoms. The van der Waals surface area contributed by atoms with Gasteiger partial charge in [0.25, 0.3) is 8.48 Å². The highest BCUT2D eigenvalue weighted by molar-refractivity contribution is 7.96. The lowest BCUT2D eigenvalue weighted by atomic mass is 11.8. The van der Waals surface area contributed by atoms with E-state index in [1.54, 1.807) is 3.38 Å². The lowest BCUT2D eigenvalue weighted by Crippen LogP contribution is -2.48. The standard InChI is InChI=1S/C5H17NOS2Si2/c1-10(2,3)7-11(4,5)6(8)9/h8-9H,1-5H3. The van der Waals surface area contributed by atoms with Crippen LogP contribution in [0.25, 0.3) is 0 Å². The molecule has 0 saturated carbocycles. The molecular weight excluding hydrogens is 210 g/mol. The second kappa shape index (κ2) is 3.84. The van der Waals surface area contributed by atoms with Crippen molar-refractivity contribution in [1.29, 1.82) is 0 Å². The van der Waals surface area contributed by atoms with Gasteiger partial charge in [0.05, 0.1) is 0 Å². The highest BCUT2D eigenvalue weighted by atomic mass is 32.2. The van der Waals surface area contributed by atoms with Gasteiger partial charge in [-0.25, -0.2) is 0 Å². The van der Waals surface area contributed by atoms with Crippen LogP contribution in [0, 0.1) is 0 Å². The SMILES string of the molecule is C[Si](C)(C)O[Si](C)(C)N(S)S. The molecule has 6 heteroatoms. The summed E-state index contributed by atoms with van der Waals surface area (Å²) in [5.74, 6) is 0. The Kier molecular flexibility index (Phi) is 4.21. The average Bonchev–Trinajstić information content (AvgIpc) is 1.56. The van der Waals surface area contributed by atoms with Crippen LogP contribution >= 0.6 is 25.6 Å². The minimum absolute atomic E-state index is 1.43. The minimum atomic E-state index is -1.79. The van der Waals surface area contributed by atoms with E-state index in [2.05, 4.69) is 58.4 Å². The normalized spacial score (nSPS) is 14.2. The van der Waals surface area contributed by atoms with Crippen LogP contribution in [-0.2, 0) is 4.12 Å². The average molecular weight is 228 g/mol. The zero-order valence-electron chi connectivity index (χ0n) is 7.75. The van der Waals surface area contributed by atoms with Gasteiger partial charge in [0.15, 0.2) is 8.32 Å². The van der Waals surface area contributed by atoms with Gasteiger partial charge in [-0.1, -0.05) is 25.6 Å². The Hall–Kier alpha value is 1.05. The lowest BCUT2D eigenvalue weighted by molar-refractivity contribution is 0.527. The molecule has 0 aromatic carbocycles. The summed E-state index contributed by atoms with van der Waals surface area (Å²) >= 11 is 8.29. The van der Waals surface area contributed by atoms with Gasteiger partial charge >= 0.3 is 0 Å². The van der Waals surface area contributed by atoms with Crippen LogP contribution in [0.15, 0.2) is 0 Å². The molecule has 0 aromatic rings. The van der Waals surface area contributed by atoms with Gasteiger partial charge in [-0.2, -0.15) is 3.38 Å². The summed E-state index contributed by atoms with van der Waals surface area (Å²) in [6.45, 7) is 10.7. The van der Waals surface area contributed by atoms with Crippen molar-refractivity contribution in [3.8, 4) is 0 Å². The maximum absolute atomic E-state index is 5.94. The van der Waals surface area contributed by atoms with Crippen molar-refractivity contribution in [3.63, 3.8) is 0 Å². The molecule has 0 fully saturated rings. The van der Waals surface area contributed by atoms with Crippen LogP contribution in [0.2, 0.25) is 32.7 Å². The molecule has 0 aliphatic carbocycles. The van der Waals surface area contributed by atoms with Crippen molar-refractivity contribution >= 4 is 42.4 Å². The molecule has 2 nitrogen and oxygen atoms in total. The molecule has 0 saturated heterocycles. The topological polar surface area (TPSA) is 12.5 Å². The molecule has 0 unspecified atom stereocenters. The molecule has 0 aromatic heterocycles. The highest BCUT2D eigenvalue weighted by Gasteiger charge is 2.33. The van der Waals surface area contributed by atoms with E-state index in [1.165, 1.54) is 0 Å². The maximum Gasteiger partial charge on any atom is 0.274 e. The summed E-state index contributed by atoms with van der Waals surface area (Å²) in [4.78, 5) is 0. The zero-order valence-corrected chi connectivity index (χ0v) is 11.5. The highest BCUT2D eigenvalue weighted by Crippen LogP contribution is 2.20. The van der Waals surface area contributed by atoms with Crippen LogP contribution in [0.1, 0.15) is 0 Å². The molecule has 0 atom stereocenters. The first-order valence-electron chi connectivity index (χ1n) is 3.53. The van der Waals surface area contributed by atoms with E-state index >= 15 is 0 Å². The first kappa shape index (κ1) is 12.1. The van der Waals surface area contributed by atoms with E-state index in [-0.39, 0.29) is 0 Å². The molecule has 68 valence electrons. The molecule has 0 aliphatic heterocycles. The Bertz CT molecular complexity index is 135. The molecule has 0 spiro atoms. The van der Waals surface area contributed by atoms with Gasteiger partial charge < -0.3 is 4.12 Å². The number of thiol groups is 2. The fourth-order valence-electron chi connectivity index (χ4n) is 0.790. The quantitative estimate of drug-likeness (QED) is 0.568. The minimum Gasteiger partial charge on any atom is -0.444 e. The van der Waals surface area contributed by atoms with E-state index in [0.717, 1.165) is 0 Å². The molecular formula is C5H17NOS2Si2. The van der Waals surface area contributed by atoms with Crippen LogP contribution in [-0.4, -0.2) is 20.2 Å². The second-order valence-corrected chi connectivity index (χ2v) is 14.2.